The van der Waals surface area contributed by atoms with Crippen LogP contribution in [0.3, 0.4) is 0 Å². The Morgan fingerprint density at radius 2 is 2.19 bits per heavy atom. The molecular weight excluding hydrogens is 312 g/mol. The molecule has 21 heavy (non-hydrogen) atoms. The molecule has 1 aliphatic rings. The highest BCUT2D eigenvalue weighted by Gasteiger charge is 2.19. The van der Waals surface area contributed by atoms with Gasteiger partial charge in [0.15, 0.2) is 5.69 Å². The number of sulfonamides is 1. The Morgan fingerprint density at radius 1 is 1.43 bits per heavy atom. The van der Waals surface area contributed by atoms with E-state index < -0.39 is 10.0 Å². The number of hydrogen-bond donors (Lipinski definition) is 2. The van der Waals surface area contributed by atoms with E-state index in [1.807, 2.05) is 6.07 Å². The Kier molecular flexibility index (Phi) is 5.39. The van der Waals surface area contributed by atoms with Crippen molar-refractivity contribution in [2.45, 2.75) is 19.3 Å². The number of nitrogens with zero attached hydrogens (tertiary/aromatic N) is 2. The first-order chi connectivity index (χ1) is 10.00. The van der Waals surface area contributed by atoms with E-state index in [9.17, 15) is 8.42 Å². The van der Waals surface area contributed by atoms with Gasteiger partial charge in [0.25, 0.3) is 0 Å². The van der Waals surface area contributed by atoms with Gasteiger partial charge in [-0.1, -0.05) is 18.0 Å². The second kappa shape index (κ2) is 7.07. The highest BCUT2D eigenvalue weighted by Crippen LogP contribution is 2.25. The van der Waals surface area contributed by atoms with E-state index in [0.29, 0.717) is 18.3 Å². The minimum atomic E-state index is -3.28. The normalized spacial score (nSPS) is 15.2. The predicted octanol–water partition coefficient (Wildman–Crippen LogP) is 1.74. The minimum Gasteiger partial charge on any atom is -0.369 e. The Labute approximate surface area is 129 Å². The van der Waals surface area contributed by atoms with Crippen LogP contribution >= 0.6 is 11.6 Å². The lowest BCUT2D eigenvalue weighted by Crippen LogP contribution is -2.35. The summed E-state index contributed by atoms with van der Waals surface area (Å²) in [4.78, 5) is 3.99. The number of anilines is 1. The summed E-state index contributed by atoms with van der Waals surface area (Å²) >= 11 is 5.77. The fourth-order valence-electron chi connectivity index (χ4n) is 1.95. The first kappa shape index (κ1) is 16.0. The Hall–Kier alpha value is -1.36. The van der Waals surface area contributed by atoms with E-state index >= 15 is 0 Å². The average molecular weight is 329 g/mol. The maximum Gasteiger partial charge on any atom is 0.213 e. The summed E-state index contributed by atoms with van der Waals surface area (Å²) in [6.45, 7) is 0.750. The number of aromatic nitrogens is 1. The van der Waals surface area contributed by atoms with Crippen LogP contribution in [0.2, 0.25) is 5.02 Å². The van der Waals surface area contributed by atoms with Crippen molar-refractivity contribution < 1.29 is 8.42 Å². The third-order valence-electron chi connectivity index (χ3n) is 3.45. The average Bonchev–Trinajstić information content (AvgIpc) is 2.38. The molecule has 2 N–H and O–H groups in total. The topological polar surface area (TPSA) is 94.9 Å². The highest BCUT2D eigenvalue weighted by molar-refractivity contribution is 7.89. The fraction of sp³-hybridized carbons (Fsp3) is 0.538. The van der Waals surface area contributed by atoms with E-state index in [-0.39, 0.29) is 23.0 Å². The zero-order chi connectivity index (χ0) is 15.3. The number of pyridine rings is 1. The first-order valence-corrected chi connectivity index (χ1v) is 8.81. The van der Waals surface area contributed by atoms with Crippen molar-refractivity contribution in [1.29, 1.82) is 5.26 Å². The van der Waals surface area contributed by atoms with Crippen LogP contribution in [0, 0.1) is 17.2 Å². The van der Waals surface area contributed by atoms with Crippen LogP contribution in [0.1, 0.15) is 25.0 Å². The molecule has 0 radical (unpaired) electrons. The molecule has 0 aliphatic heterocycles. The van der Waals surface area contributed by atoms with Gasteiger partial charge in [0, 0.05) is 13.1 Å². The van der Waals surface area contributed by atoms with Gasteiger partial charge in [0.1, 0.15) is 11.9 Å². The van der Waals surface area contributed by atoms with E-state index in [2.05, 4.69) is 15.0 Å². The van der Waals surface area contributed by atoms with Crippen LogP contribution in [0.25, 0.3) is 0 Å². The fourth-order valence-corrected chi connectivity index (χ4v) is 3.10. The monoisotopic (exact) mass is 328 g/mol. The second-order valence-electron chi connectivity index (χ2n) is 5.03. The van der Waals surface area contributed by atoms with Gasteiger partial charge < -0.3 is 5.32 Å². The first-order valence-electron chi connectivity index (χ1n) is 6.78. The summed E-state index contributed by atoms with van der Waals surface area (Å²) in [6, 6.07) is 5.04. The number of nitrogens with one attached hydrogen (secondary N) is 2. The Balaban J connectivity index is 1.79. The molecule has 1 aliphatic carbocycles. The van der Waals surface area contributed by atoms with Gasteiger partial charge in [-0.15, -0.1) is 0 Å². The standard InChI is InChI=1S/C13H17ClN4O2S/c14-11-4-5-13(18-12(11)8-15)16-6-7-21(19,20)17-9-10-2-1-3-10/h4-5,10,17H,1-3,6-7,9H2,(H,16,18). The van der Waals surface area contributed by atoms with E-state index in [4.69, 9.17) is 16.9 Å². The molecule has 0 saturated heterocycles. The summed E-state index contributed by atoms with van der Waals surface area (Å²) in [5.41, 5.74) is 0.118. The van der Waals surface area contributed by atoms with Crippen LogP contribution in [-0.4, -0.2) is 32.2 Å². The molecule has 1 saturated carbocycles. The number of rotatable bonds is 7. The lowest BCUT2D eigenvalue weighted by atomic mass is 9.86. The summed E-state index contributed by atoms with van der Waals surface area (Å²) in [5, 5.41) is 12.0. The van der Waals surface area contributed by atoms with E-state index in [0.717, 1.165) is 12.8 Å². The molecule has 2 rings (SSSR count). The molecule has 1 aromatic heterocycles. The lowest BCUT2D eigenvalue weighted by molar-refractivity contribution is 0.316. The van der Waals surface area contributed by atoms with Crippen LogP contribution in [-0.2, 0) is 10.0 Å². The van der Waals surface area contributed by atoms with Gasteiger partial charge in [-0.05, 0) is 30.9 Å². The molecule has 0 atom stereocenters. The summed E-state index contributed by atoms with van der Waals surface area (Å²) in [7, 11) is -3.28. The van der Waals surface area contributed by atoms with E-state index in [1.54, 1.807) is 12.1 Å². The van der Waals surface area contributed by atoms with Crippen molar-refractivity contribution in [3.63, 3.8) is 0 Å². The molecule has 0 unspecified atom stereocenters. The molecule has 1 fully saturated rings. The van der Waals surface area contributed by atoms with Gasteiger partial charge in [-0.2, -0.15) is 5.26 Å². The molecule has 0 spiro atoms. The maximum atomic E-state index is 11.8. The van der Waals surface area contributed by atoms with Gasteiger partial charge >= 0.3 is 0 Å². The summed E-state index contributed by atoms with van der Waals surface area (Å²) < 4.78 is 26.2. The van der Waals surface area contributed by atoms with Crippen molar-refractivity contribution in [2.75, 3.05) is 24.2 Å². The van der Waals surface area contributed by atoms with Crippen LogP contribution in [0.5, 0.6) is 0 Å². The molecular formula is C13H17ClN4O2S. The smallest absolute Gasteiger partial charge is 0.213 e. The lowest BCUT2D eigenvalue weighted by Gasteiger charge is -2.25. The van der Waals surface area contributed by atoms with Crippen molar-refractivity contribution in [1.82, 2.24) is 9.71 Å². The highest BCUT2D eigenvalue weighted by atomic mass is 35.5. The quantitative estimate of drug-likeness (QED) is 0.795. The summed E-state index contributed by atoms with van der Waals surface area (Å²) in [5.74, 6) is 0.889. The third kappa shape index (κ3) is 4.84. The van der Waals surface area contributed by atoms with Crippen LogP contribution < -0.4 is 10.0 Å². The van der Waals surface area contributed by atoms with Crippen molar-refractivity contribution >= 4 is 27.4 Å². The van der Waals surface area contributed by atoms with Crippen LogP contribution in [0.15, 0.2) is 12.1 Å². The van der Waals surface area contributed by atoms with Gasteiger partial charge in [0.05, 0.1) is 10.8 Å². The molecule has 6 nitrogen and oxygen atoms in total. The minimum absolute atomic E-state index is 0.0358. The van der Waals surface area contributed by atoms with Gasteiger partial charge in [0.2, 0.25) is 10.0 Å². The SMILES string of the molecule is N#Cc1nc(NCCS(=O)(=O)NCC2CCC2)ccc1Cl. The third-order valence-corrected chi connectivity index (χ3v) is 5.10. The largest absolute Gasteiger partial charge is 0.369 e. The Morgan fingerprint density at radius 3 is 2.81 bits per heavy atom. The maximum absolute atomic E-state index is 11.8. The van der Waals surface area contributed by atoms with Crippen molar-refractivity contribution in [3.05, 3.63) is 22.8 Å². The number of halogens is 1. The number of hydrogen-bond acceptors (Lipinski definition) is 5. The van der Waals surface area contributed by atoms with Crippen molar-refractivity contribution in [2.24, 2.45) is 5.92 Å². The summed E-state index contributed by atoms with van der Waals surface area (Å²) in [6.07, 6.45) is 3.40. The zero-order valence-corrected chi connectivity index (χ0v) is 13.0. The van der Waals surface area contributed by atoms with E-state index in [1.165, 1.54) is 6.42 Å². The molecule has 1 aromatic rings. The molecule has 0 amide bonds. The predicted molar refractivity (Wildman–Crippen MR) is 81.6 cm³/mol. The molecule has 8 heteroatoms. The molecule has 1 heterocycles. The number of nitriles is 1. The van der Waals surface area contributed by atoms with Crippen LogP contribution in [0.4, 0.5) is 5.82 Å². The molecule has 114 valence electrons. The second-order valence-corrected chi connectivity index (χ2v) is 7.36. The zero-order valence-electron chi connectivity index (χ0n) is 11.5. The molecule has 0 bridgehead atoms. The van der Waals surface area contributed by atoms with Gasteiger partial charge in [-0.25, -0.2) is 18.1 Å². The van der Waals surface area contributed by atoms with Crippen molar-refractivity contribution in [3.8, 4) is 6.07 Å². The molecule has 0 aromatic carbocycles. The Bertz CT molecular complexity index is 638. The van der Waals surface area contributed by atoms with Gasteiger partial charge in [-0.3, -0.25) is 0 Å².